The number of rotatable bonds is 4. The van der Waals surface area contributed by atoms with Crippen molar-refractivity contribution in [3.8, 4) is 0 Å². The first-order valence-electron chi connectivity index (χ1n) is 7.54. The minimum absolute atomic E-state index is 0.0647. The van der Waals surface area contributed by atoms with Gasteiger partial charge in [0.05, 0.1) is 6.10 Å². The van der Waals surface area contributed by atoms with E-state index in [1.54, 1.807) is 0 Å². The van der Waals surface area contributed by atoms with Crippen molar-refractivity contribution in [2.24, 2.45) is 5.92 Å². The quantitative estimate of drug-likeness (QED) is 0.900. The van der Waals surface area contributed by atoms with E-state index in [0.717, 1.165) is 23.7 Å². The van der Waals surface area contributed by atoms with E-state index < -0.39 is 0 Å². The van der Waals surface area contributed by atoms with E-state index in [-0.39, 0.29) is 11.6 Å². The number of aliphatic hydroxyl groups excluding tert-OH is 1. The number of halogens is 1. The molecule has 1 aromatic rings. The first-order chi connectivity index (χ1) is 9.44. The average molecular weight is 340 g/mol. The van der Waals surface area contributed by atoms with Crippen LogP contribution in [0.5, 0.6) is 0 Å². The van der Waals surface area contributed by atoms with Crippen LogP contribution in [-0.4, -0.2) is 35.7 Å². The monoisotopic (exact) mass is 339 g/mol. The maximum atomic E-state index is 10.9. The number of likely N-dealkylation sites (N-methyl/N-ethyl adjacent to an activating group) is 1. The zero-order valence-corrected chi connectivity index (χ0v) is 14.4. The molecule has 1 aromatic carbocycles. The van der Waals surface area contributed by atoms with Gasteiger partial charge in [0, 0.05) is 16.4 Å². The van der Waals surface area contributed by atoms with Crippen molar-refractivity contribution in [2.45, 2.75) is 50.7 Å². The summed E-state index contributed by atoms with van der Waals surface area (Å²) in [7, 11) is 4.23. The standard InChI is InChI=1S/C17H26BrNO/c1-13-5-4-10-17(12-13,19(2)3)16(20)11-14-6-8-15(18)9-7-14/h6-9,13,16,20H,4-5,10-12H2,1-3H3. The Bertz CT molecular complexity index is 431. The normalized spacial score (nSPS) is 28.6. The maximum absolute atomic E-state index is 10.9. The third kappa shape index (κ3) is 3.44. The van der Waals surface area contributed by atoms with E-state index in [2.05, 4.69) is 54.0 Å². The molecule has 2 nitrogen and oxygen atoms in total. The molecule has 0 saturated heterocycles. The number of benzene rings is 1. The van der Waals surface area contributed by atoms with Crippen LogP contribution in [0.3, 0.4) is 0 Å². The summed E-state index contributed by atoms with van der Waals surface area (Å²) in [6.07, 6.45) is 5.14. The maximum Gasteiger partial charge on any atom is 0.0763 e. The molecule has 3 atom stereocenters. The molecular formula is C17H26BrNO. The lowest BCUT2D eigenvalue weighted by Gasteiger charge is -2.48. The van der Waals surface area contributed by atoms with Crippen LogP contribution >= 0.6 is 15.9 Å². The molecular weight excluding hydrogens is 314 g/mol. The molecule has 112 valence electrons. The summed E-state index contributed by atoms with van der Waals surface area (Å²) in [5, 5.41) is 10.9. The second-order valence-electron chi connectivity index (χ2n) is 6.55. The molecule has 1 fully saturated rings. The summed E-state index contributed by atoms with van der Waals surface area (Å²) >= 11 is 3.46. The van der Waals surface area contributed by atoms with E-state index in [1.807, 2.05) is 12.1 Å². The number of aliphatic hydroxyl groups is 1. The molecule has 1 saturated carbocycles. The fourth-order valence-corrected chi connectivity index (χ4v) is 3.87. The second kappa shape index (κ2) is 6.59. The van der Waals surface area contributed by atoms with Crippen molar-refractivity contribution in [3.63, 3.8) is 0 Å². The largest absolute Gasteiger partial charge is 0.391 e. The van der Waals surface area contributed by atoms with Crippen molar-refractivity contribution in [1.82, 2.24) is 4.90 Å². The van der Waals surface area contributed by atoms with Crippen LogP contribution in [0.4, 0.5) is 0 Å². The van der Waals surface area contributed by atoms with Crippen LogP contribution in [0.1, 0.15) is 38.2 Å². The number of hydrogen-bond donors (Lipinski definition) is 1. The smallest absolute Gasteiger partial charge is 0.0763 e. The third-order valence-corrected chi connectivity index (χ3v) is 5.39. The average Bonchev–Trinajstić information content (AvgIpc) is 2.41. The molecule has 3 heteroatoms. The molecule has 1 aliphatic carbocycles. The Kier molecular flexibility index (Phi) is 5.27. The van der Waals surface area contributed by atoms with E-state index in [0.29, 0.717) is 5.92 Å². The van der Waals surface area contributed by atoms with Crippen LogP contribution in [0.2, 0.25) is 0 Å². The summed E-state index contributed by atoms with van der Waals surface area (Å²) in [6.45, 7) is 2.31. The van der Waals surface area contributed by atoms with Gasteiger partial charge in [-0.2, -0.15) is 0 Å². The van der Waals surface area contributed by atoms with Crippen LogP contribution in [0, 0.1) is 5.92 Å². The van der Waals surface area contributed by atoms with Gasteiger partial charge in [-0.05, 0) is 50.6 Å². The molecule has 0 bridgehead atoms. The lowest BCUT2D eigenvalue weighted by atomic mass is 9.71. The Labute approximate surface area is 131 Å². The molecule has 0 amide bonds. The molecule has 2 rings (SSSR count). The van der Waals surface area contributed by atoms with E-state index in [4.69, 9.17) is 0 Å². The highest BCUT2D eigenvalue weighted by Crippen LogP contribution is 2.39. The van der Waals surface area contributed by atoms with Gasteiger partial charge in [0.2, 0.25) is 0 Å². The van der Waals surface area contributed by atoms with Gasteiger partial charge < -0.3 is 10.0 Å². The van der Waals surface area contributed by atoms with Gasteiger partial charge in [-0.3, -0.25) is 0 Å². The first kappa shape index (κ1) is 16.0. The van der Waals surface area contributed by atoms with E-state index >= 15 is 0 Å². The minimum atomic E-state index is -0.304. The summed E-state index contributed by atoms with van der Waals surface area (Å²) in [5.74, 6) is 0.700. The molecule has 1 aliphatic rings. The third-order valence-electron chi connectivity index (χ3n) is 4.86. The Morgan fingerprint density at radius 2 is 2.00 bits per heavy atom. The summed E-state index contributed by atoms with van der Waals surface area (Å²) in [4.78, 5) is 2.26. The van der Waals surface area contributed by atoms with Crippen molar-refractivity contribution in [3.05, 3.63) is 34.3 Å². The van der Waals surface area contributed by atoms with Crippen LogP contribution in [-0.2, 0) is 6.42 Å². The van der Waals surface area contributed by atoms with Gasteiger partial charge in [0.1, 0.15) is 0 Å². The van der Waals surface area contributed by atoms with Gasteiger partial charge in [-0.1, -0.05) is 47.8 Å². The van der Waals surface area contributed by atoms with Crippen LogP contribution < -0.4 is 0 Å². The van der Waals surface area contributed by atoms with E-state index in [9.17, 15) is 5.11 Å². The van der Waals surface area contributed by atoms with Crippen molar-refractivity contribution in [1.29, 1.82) is 0 Å². The highest BCUT2D eigenvalue weighted by atomic mass is 79.9. The molecule has 0 aromatic heterocycles. The number of hydrogen-bond acceptors (Lipinski definition) is 2. The fourth-order valence-electron chi connectivity index (χ4n) is 3.60. The van der Waals surface area contributed by atoms with Crippen molar-refractivity contribution < 1.29 is 5.11 Å². The SMILES string of the molecule is CC1CCCC(C(O)Cc2ccc(Br)cc2)(N(C)C)C1. The summed E-state index contributed by atoms with van der Waals surface area (Å²) in [6, 6.07) is 8.30. The molecule has 0 aliphatic heterocycles. The molecule has 20 heavy (non-hydrogen) atoms. The highest BCUT2D eigenvalue weighted by molar-refractivity contribution is 9.10. The summed E-state index contributed by atoms with van der Waals surface area (Å²) in [5.41, 5.74) is 1.14. The predicted octanol–water partition coefficient (Wildman–Crippen LogP) is 3.86. The molecule has 0 spiro atoms. The lowest BCUT2D eigenvalue weighted by Crippen LogP contribution is -2.56. The van der Waals surface area contributed by atoms with Gasteiger partial charge in [-0.15, -0.1) is 0 Å². The summed E-state index contributed by atoms with van der Waals surface area (Å²) < 4.78 is 1.09. The van der Waals surface area contributed by atoms with Crippen LogP contribution in [0.25, 0.3) is 0 Å². The van der Waals surface area contributed by atoms with Crippen LogP contribution in [0.15, 0.2) is 28.7 Å². The van der Waals surface area contributed by atoms with Gasteiger partial charge in [0.25, 0.3) is 0 Å². The Morgan fingerprint density at radius 3 is 2.55 bits per heavy atom. The van der Waals surface area contributed by atoms with E-state index in [1.165, 1.54) is 18.4 Å². The zero-order chi connectivity index (χ0) is 14.8. The topological polar surface area (TPSA) is 23.5 Å². The Balaban J connectivity index is 2.14. The lowest BCUT2D eigenvalue weighted by molar-refractivity contribution is -0.0424. The van der Waals surface area contributed by atoms with Gasteiger partial charge in [0.15, 0.2) is 0 Å². The second-order valence-corrected chi connectivity index (χ2v) is 7.46. The van der Waals surface area contributed by atoms with Crippen molar-refractivity contribution >= 4 is 15.9 Å². The molecule has 0 heterocycles. The molecule has 1 N–H and O–H groups in total. The Hall–Kier alpha value is -0.380. The zero-order valence-electron chi connectivity index (χ0n) is 12.8. The predicted molar refractivity (Wildman–Crippen MR) is 87.9 cm³/mol. The molecule has 3 unspecified atom stereocenters. The van der Waals surface area contributed by atoms with Crippen molar-refractivity contribution in [2.75, 3.05) is 14.1 Å². The minimum Gasteiger partial charge on any atom is -0.391 e. The fraction of sp³-hybridized carbons (Fsp3) is 0.647. The van der Waals surface area contributed by atoms with Gasteiger partial charge >= 0.3 is 0 Å². The first-order valence-corrected chi connectivity index (χ1v) is 8.33. The Morgan fingerprint density at radius 1 is 1.35 bits per heavy atom. The molecule has 0 radical (unpaired) electrons. The highest BCUT2D eigenvalue weighted by Gasteiger charge is 2.42. The van der Waals surface area contributed by atoms with Gasteiger partial charge in [-0.25, -0.2) is 0 Å². The number of nitrogens with zero attached hydrogens (tertiary/aromatic N) is 1.